The number of ether oxygens (including phenoxy) is 1. The number of carbonyl (C=O) groups is 2. The lowest BCUT2D eigenvalue weighted by Crippen LogP contribution is -2.16. The first-order valence-corrected chi connectivity index (χ1v) is 12.0. The van der Waals surface area contributed by atoms with Crippen LogP contribution in [0, 0.1) is 0 Å². The summed E-state index contributed by atoms with van der Waals surface area (Å²) < 4.78 is 6.12. The van der Waals surface area contributed by atoms with Gasteiger partial charge in [0.2, 0.25) is 0 Å². The fraction of sp³-hybridized carbons (Fsp3) is 0.0312. The van der Waals surface area contributed by atoms with Crippen LogP contribution in [0.5, 0.6) is 5.75 Å². The Bertz CT molecular complexity index is 1570. The molecule has 4 aromatic carbocycles. The standard InChI is InChI=1S/C32H24N2O4/c35-31(34-29-18-24(13-15-27(29)32(36)37)23-10-5-2-6-11-23)28-16-14-25(26-12-7-17-33-20-26)19-30(28)38-21-22-8-3-1-4-9-22/h1-20H,21H2,(H,34,35)(H,36,37). The Morgan fingerprint density at radius 1 is 0.711 bits per heavy atom. The van der Waals surface area contributed by atoms with Crippen molar-refractivity contribution in [1.82, 2.24) is 4.98 Å². The van der Waals surface area contributed by atoms with Gasteiger partial charge in [-0.15, -0.1) is 0 Å². The number of hydrogen-bond acceptors (Lipinski definition) is 4. The summed E-state index contributed by atoms with van der Waals surface area (Å²) in [6.45, 7) is 0.265. The van der Waals surface area contributed by atoms with Crippen LogP contribution in [0.3, 0.4) is 0 Å². The third-order valence-electron chi connectivity index (χ3n) is 6.06. The zero-order chi connectivity index (χ0) is 26.3. The van der Waals surface area contributed by atoms with E-state index in [9.17, 15) is 14.7 Å². The first-order chi connectivity index (χ1) is 18.6. The number of aromatic nitrogens is 1. The summed E-state index contributed by atoms with van der Waals surface area (Å²) in [5.41, 5.74) is 4.86. The van der Waals surface area contributed by atoms with Crippen LogP contribution in [-0.2, 0) is 6.61 Å². The minimum atomic E-state index is -1.13. The fourth-order valence-corrected chi connectivity index (χ4v) is 4.11. The van der Waals surface area contributed by atoms with Crippen LogP contribution in [-0.4, -0.2) is 22.0 Å². The predicted molar refractivity (Wildman–Crippen MR) is 147 cm³/mol. The Kier molecular flexibility index (Phi) is 7.23. The number of rotatable bonds is 8. The molecule has 0 aliphatic carbocycles. The van der Waals surface area contributed by atoms with Crippen molar-refractivity contribution >= 4 is 17.6 Å². The Labute approximate surface area is 220 Å². The van der Waals surface area contributed by atoms with Crippen LogP contribution in [0.2, 0.25) is 0 Å². The number of anilines is 1. The Balaban J connectivity index is 1.49. The second-order valence-corrected chi connectivity index (χ2v) is 8.61. The molecule has 1 amide bonds. The third kappa shape index (κ3) is 5.60. The van der Waals surface area contributed by atoms with Gasteiger partial charge in [-0.2, -0.15) is 0 Å². The van der Waals surface area contributed by atoms with Crippen LogP contribution < -0.4 is 10.1 Å². The number of aromatic carboxylic acids is 1. The van der Waals surface area contributed by atoms with Crippen molar-refractivity contribution in [2.75, 3.05) is 5.32 Å². The van der Waals surface area contributed by atoms with E-state index >= 15 is 0 Å². The lowest BCUT2D eigenvalue weighted by molar-refractivity contribution is 0.0698. The van der Waals surface area contributed by atoms with Crippen molar-refractivity contribution in [3.8, 4) is 28.0 Å². The monoisotopic (exact) mass is 500 g/mol. The normalized spacial score (nSPS) is 10.5. The van der Waals surface area contributed by atoms with Crippen LogP contribution in [0.25, 0.3) is 22.3 Å². The zero-order valence-corrected chi connectivity index (χ0v) is 20.4. The zero-order valence-electron chi connectivity index (χ0n) is 20.4. The molecule has 186 valence electrons. The summed E-state index contributed by atoms with van der Waals surface area (Å²) in [4.78, 5) is 29.6. The van der Waals surface area contributed by atoms with E-state index in [2.05, 4.69) is 10.3 Å². The highest BCUT2D eigenvalue weighted by molar-refractivity contribution is 6.09. The predicted octanol–water partition coefficient (Wildman–Crippen LogP) is 6.95. The van der Waals surface area contributed by atoms with E-state index in [1.807, 2.05) is 78.9 Å². The molecule has 0 aliphatic rings. The molecule has 0 fully saturated rings. The average Bonchev–Trinajstić information content (AvgIpc) is 2.97. The SMILES string of the molecule is O=C(O)c1ccc(-c2ccccc2)cc1NC(=O)c1ccc(-c2cccnc2)cc1OCc1ccccc1. The Morgan fingerprint density at radius 2 is 1.37 bits per heavy atom. The van der Waals surface area contributed by atoms with Crippen molar-refractivity contribution in [1.29, 1.82) is 0 Å². The molecular formula is C32H24N2O4. The largest absolute Gasteiger partial charge is 0.488 e. The number of benzene rings is 4. The molecule has 5 rings (SSSR count). The van der Waals surface area contributed by atoms with Crippen molar-refractivity contribution in [3.63, 3.8) is 0 Å². The van der Waals surface area contributed by atoms with E-state index in [4.69, 9.17) is 4.74 Å². The maximum absolute atomic E-state index is 13.5. The molecule has 6 nitrogen and oxygen atoms in total. The molecule has 0 bridgehead atoms. The van der Waals surface area contributed by atoms with Gasteiger partial charge in [0.1, 0.15) is 12.4 Å². The number of carbonyl (C=O) groups excluding carboxylic acids is 1. The first kappa shape index (κ1) is 24.5. The van der Waals surface area contributed by atoms with Gasteiger partial charge < -0.3 is 15.2 Å². The van der Waals surface area contributed by atoms with Crippen molar-refractivity contribution in [2.24, 2.45) is 0 Å². The lowest BCUT2D eigenvalue weighted by Gasteiger charge is -2.15. The number of carboxylic acid groups (broad SMARTS) is 1. The van der Waals surface area contributed by atoms with Crippen LogP contribution in [0.4, 0.5) is 5.69 Å². The number of nitrogens with zero attached hydrogens (tertiary/aromatic N) is 1. The molecule has 0 atom stereocenters. The molecule has 0 aliphatic heterocycles. The summed E-state index contributed by atoms with van der Waals surface area (Å²) in [7, 11) is 0. The molecule has 0 saturated heterocycles. The van der Waals surface area contributed by atoms with E-state index in [0.717, 1.165) is 27.8 Å². The van der Waals surface area contributed by atoms with E-state index in [1.54, 1.807) is 36.7 Å². The highest BCUT2D eigenvalue weighted by Crippen LogP contribution is 2.30. The van der Waals surface area contributed by atoms with Gasteiger partial charge in [-0.25, -0.2) is 4.79 Å². The number of pyridine rings is 1. The van der Waals surface area contributed by atoms with Crippen LogP contribution >= 0.6 is 0 Å². The maximum Gasteiger partial charge on any atom is 0.337 e. The second-order valence-electron chi connectivity index (χ2n) is 8.61. The molecule has 1 aromatic heterocycles. The number of nitrogens with one attached hydrogen (secondary N) is 1. The van der Waals surface area contributed by atoms with Gasteiger partial charge in [0, 0.05) is 18.0 Å². The molecular weight excluding hydrogens is 476 g/mol. The van der Waals surface area contributed by atoms with Crippen molar-refractivity contribution in [2.45, 2.75) is 6.61 Å². The summed E-state index contributed by atoms with van der Waals surface area (Å²) in [5.74, 6) is -1.23. The van der Waals surface area contributed by atoms with E-state index in [1.165, 1.54) is 6.07 Å². The number of hydrogen-bond donors (Lipinski definition) is 2. The molecule has 0 spiro atoms. The van der Waals surface area contributed by atoms with Gasteiger partial charge in [0.05, 0.1) is 16.8 Å². The summed E-state index contributed by atoms with van der Waals surface area (Å²) in [5, 5.41) is 12.6. The summed E-state index contributed by atoms with van der Waals surface area (Å²) in [6.07, 6.45) is 3.44. The van der Waals surface area contributed by atoms with Crippen molar-refractivity contribution in [3.05, 3.63) is 138 Å². The third-order valence-corrected chi connectivity index (χ3v) is 6.06. The smallest absolute Gasteiger partial charge is 0.337 e. The number of amides is 1. The first-order valence-electron chi connectivity index (χ1n) is 12.0. The molecule has 0 saturated carbocycles. The fourth-order valence-electron chi connectivity index (χ4n) is 4.11. The molecule has 6 heteroatoms. The molecule has 38 heavy (non-hydrogen) atoms. The quantitative estimate of drug-likeness (QED) is 0.241. The molecule has 0 radical (unpaired) electrons. The van der Waals surface area contributed by atoms with E-state index < -0.39 is 11.9 Å². The minimum Gasteiger partial charge on any atom is -0.488 e. The van der Waals surface area contributed by atoms with Crippen molar-refractivity contribution < 1.29 is 19.4 Å². The second kappa shape index (κ2) is 11.2. The highest BCUT2D eigenvalue weighted by atomic mass is 16.5. The highest BCUT2D eigenvalue weighted by Gasteiger charge is 2.19. The molecule has 5 aromatic rings. The van der Waals surface area contributed by atoms with Crippen LogP contribution in [0.15, 0.2) is 122 Å². The Hall–Kier alpha value is -5.23. The van der Waals surface area contributed by atoms with Gasteiger partial charge in [0.15, 0.2) is 0 Å². The van der Waals surface area contributed by atoms with Gasteiger partial charge in [-0.05, 0) is 52.6 Å². The summed E-state index contributed by atoms with van der Waals surface area (Å²) in [6, 6.07) is 33.2. The topological polar surface area (TPSA) is 88.5 Å². The lowest BCUT2D eigenvalue weighted by atomic mass is 10.0. The summed E-state index contributed by atoms with van der Waals surface area (Å²) >= 11 is 0. The number of carboxylic acids is 1. The van der Waals surface area contributed by atoms with Gasteiger partial charge in [-0.3, -0.25) is 9.78 Å². The molecule has 1 heterocycles. The van der Waals surface area contributed by atoms with E-state index in [-0.39, 0.29) is 23.4 Å². The average molecular weight is 501 g/mol. The van der Waals surface area contributed by atoms with Gasteiger partial charge in [0.25, 0.3) is 5.91 Å². The maximum atomic E-state index is 13.5. The molecule has 0 unspecified atom stereocenters. The van der Waals surface area contributed by atoms with Gasteiger partial charge in [-0.1, -0.05) is 78.9 Å². The molecule has 2 N–H and O–H groups in total. The van der Waals surface area contributed by atoms with E-state index in [0.29, 0.717) is 5.75 Å². The van der Waals surface area contributed by atoms with Gasteiger partial charge >= 0.3 is 5.97 Å². The minimum absolute atomic E-state index is 0.00300. The van der Waals surface area contributed by atoms with Crippen LogP contribution in [0.1, 0.15) is 26.3 Å². The Morgan fingerprint density at radius 3 is 2.05 bits per heavy atom.